The number of carbonyl (C=O) groups is 1. The second kappa shape index (κ2) is 6.93. The molecule has 0 heterocycles. The van der Waals surface area contributed by atoms with Gasteiger partial charge < -0.3 is 5.11 Å². The molecule has 2 nitrogen and oxygen atoms in total. The van der Waals surface area contributed by atoms with Crippen LogP contribution in [0.3, 0.4) is 0 Å². The molecule has 0 spiro atoms. The quantitative estimate of drug-likeness (QED) is 0.662. The van der Waals surface area contributed by atoms with E-state index in [9.17, 15) is 4.79 Å². The van der Waals surface area contributed by atoms with Gasteiger partial charge in [-0.05, 0) is 11.8 Å². The van der Waals surface area contributed by atoms with Crippen LogP contribution < -0.4 is 0 Å². The summed E-state index contributed by atoms with van der Waals surface area (Å²) < 4.78 is 0. The average molecular weight is 186 g/mol. The highest BCUT2D eigenvalue weighted by Gasteiger charge is 2.07. The fourth-order valence-corrected chi connectivity index (χ4v) is 1.42. The lowest BCUT2D eigenvalue weighted by Gasteiger charge is -2.11. The molecule has 0 aromatic carbocycles. The molecule has 0 radical (unpaired) electrons. The molecule has 0 bridgehead atoms. The minimum absolute atomic E-state index is 0.320. The molecule has 0 saturated carbocycles. The van der Waals surface area contributed by atoms with Crippen LogP contribution in [-0.2, 0) is 4.79 Å². The standard InChI is InChI=1S/C11H22O2/c1-4-9(2)6-5-7-10(3)8-11(12)13/h9-10H,4-8H2,1-3H3,(H,12,13). The van der Waals surface area contributed by atoms with Crippen molar-refractivity contribution in [2.45, 2.75) is 52.9 Å². The Balaban J connectivity index is 3.36. The van der Waals surface area contributed by atoms with Gasteiger partial charge in [0, 0.05) is 6.42 Å². The Kier molecular flexibility index (Phi) is 6.65. The Morgan fingerprint density at radius 2 is 1.77 bits per heavy atom. The summed E-state index contributed by atoms with van der Waals surface area (Å²) in [6.07, 6.45) is 5.01. The van der Waals surface area contributed by atoms with Gasteiger partial charge in [-0.25, -0.2) is 0 Å². The van der Waals surface area contributed by atoms with Crippen LogP contribution in [0.5, 0.6) is 0 Å². The monoisotopic (exact) mass is 186 g/mol. The summed E-state index contributed by atoms with van der Waals surface area (Å²) in [7, 11) is 0. The Labute approximate surface area is 81.3 Å². The zero-order valence-corrected chi connectivity index (χ0v) is 9.05. The van der Waals surface area contributed by atoms with Crippen molar-refractivity contribution in [2.24, 2.45) is 11.8 Å². The summed E-state index contributed by atoms with van der Waals surface area (Å²) >= 11 is 0. The Bertz CT molecular complexity index is 143. The van der Waals surface area contributed by atoms with E-state index in [0.29, 0.717) is 12.3 Å². The molecule has 0 fully saturated rings. The van der Waals surface area contributed by atoms with Crippen LogP contribution in [0, 0.1) is 11.8 Å². The van der Waals surface area contributed by atoms with Crippen LogP contribution in [0.25, 0.3) is 0 Å². The molecule has 0 saturated heterocycles. The molecule has 0 amide bonds. The molecular formula is C11H22O2. The SMILES string of the molecule is CCC(C)CCCC(C)CC(=O)O. The highest BCUT2D eigenvalue weighted by atomic mass is 16.4. The summed E-state index contributed by atoms with van der Waals surface area (Å²) in [5.74, 6) is 0.453. The fourth-order valence-electron chi connectivity index (χ4n) is 1.42. The second-order valence-electron chi connectivity index (χ2n) is 4.15. The molecule has 2 unspecified atom stereocenters. The van der Waals surface area contributed by atoms with E-state index in [2.05, 4.69) is 13.8 Å². The smallest absolute Gasteiger partial charge is 0.303 e. The lowest BCUT2D eigenvalue weighted by atomic mass is 9.95. The largest absolute Gasteiger partial charge is 0.481 e. The number of carboxylic acid groups (broad SMARTS) is 1. The maximum Gasteiger partial charge on any atom is 0.303 e. The van der Waals surface area contributed by atoms with Gasteiger partial charge in [0.15, 0.2) is 0 Å². The molecule has 78 valence electrons. The Morgan fingerprint density at radius 1 is 1.23 bits per heavy atom. The van der Waals surface area contributed by atoms with Crippen LogP contribution in [0.15, 0.2) is 0 Å². The van der Waals surface area contributed by atoms with Crippen molar-refractivity contribution < 1.29 is 9.90 Å². The van der Waals surface area contributed by atoms with Crippen molar-refractivity contribution >= 4 is 5.97 Å². The first-order valence-electron chi connectivity index (χ1n) is 5.28. The number of aliphatic carboxylic acids is 1. The molecule has 0 aliphatic heterocycles. The lowest BCUT2D eigenvalue weighted by molar-refractivity contribution is -0.138. The number of hydrogen-bond acceptors (Lipinski definition) is 1. The average Bonchev–Trinajstić information content (AvgIpc) is 2.02. The zero-order valence-electron chi connectivity index (χ0n) is 9.05. The van der Waals surface area contributed by atoms with Crippen molar-refractivity contribution in [3.05, 3.63) is 0 Å². The van der Waals surface area contributed by atoms with Crippen molar-refractivity contribution in [3.8, 4) is 0 Å². The molecule has 0 aromatic rings. The predicted molar refractivity (Wildman–Crippen MR) is 54.7 cm³/mol. The van der Waals surface area contributed by atoms with Gasteiger partial charge in [-0.1, -0.05) is 46.5 Å². The van der Waals surface area contributed by atoms with Gasteiger partial charge >= 0.3 is 5.97 Å². The van der Waals surface area contributed by atoms with Crippen LogP contribution in [0.4, 0.5) is 0 Å². The molecule has 0 aromatic heterocycles. The topological polar surface area (TPSA) is 37.3 Å². The first-order chi connectivity index (χ1) is 6.06. The van der Waals surface area contributed by atoms with Gasteiger partial charge in [-0.3, -0.25) is 4.79 Å². The number of rotatable bonds is 7. The normalized spacial score (nSPS) is 15.3. The maximum absolute atomic E-state index is 10.4. The van der Waals surface area contributed by atoms with Gasteiger partial charge in [-0.15, -0.1) is 0 Å². The minimum atomic E-state index is -0.670. The first-order valence-corrected chi connectivity index (χ1v) is 5.28. The highest BCUT2D eigenvalue weighted by Crippen LogP contribution is 2.16. The summed E-state index contributed by atoms with van der Waals surface area (Å²) in [6.45, 7) is 6.47. The van der Waals surface area contributed by atoms with Crippen molar-refractivity contribution in [1.29, 1.82) is 0 Å². The lowest BCUT2D eigenvalue weighted by Crippen LogP contribution is -2.04. The van der Waals surface area contributed by atoms with Gasteiger partial charge in [0.2, 0.25) is 0 Å². The van der Waals surface area contributed by atoms with Crippen LogP contribution >= 0.6 is 0 Å². The van der Waals surface area contributed by atoms with E-state index in [4.69, 9.17) is 5.11 Å². The van der Waals surface area contributed by atoms with E-state index in [-0.39, 0.29) is 0 Å². The predicted octanol–water partition coefficient (Wildman–Crippen LogP) is 3.31. The molecule has 1 N–H and O–H groups in total. The molecule has 2 atom stereocenters. The summed E-state index contributed by atoms with van der Waals surface area (Å²) in [5.41, 5.74) is 0. The summed E-state index contributed by atoms with van der Waals surface area (Å²) in [5, 5.41) is 8.54. The van der Waals surface area contributed by atoms with Crippen molar-refractivity contribution in [1.82, 2.24) is 0 Å². The van der Waals surface area contributed by atoms with E-state index < -0.39 is 5.97 Å². The third-order valence-corrected chi connectivity index (χ3v) is 2.61. The third kappa shape index (κ3) is 7.82. The Morgan fingerprint density at radius 3 is 2.23 bits per heavy atom. The van der Waals surface area contributed by atoms with Gasteiger partial charge in [0.1, 0.15) is 0 Å². The number of hydrogen-bond donors (Lipinski definition) is 1. The van der Waals surface area contributed by atoms with E-state index in [0.717, 1.165) is 12.3 Å². The van der Waals surface area contributed by atoms with Gasteiger partial charge in [0.25, 0.3) is 0 Å². The summed E-state index contributed by atoms with van der Waals surface area (Å²) in [4.78, 5) is 10.4. The van der Waals surface area contributed by atoms with Crippen LogP contribution in [0.2, 0.25) is 0 Å². The van der Waals surface area contributed by atoms with E-state index >= 15 is 0 Å². The fraction of sp³-hybridized carbons (Fsp3) is 0.909. The van der Waals surface area contributed by atoms with E-state index in [1.165, 1.54) is 19.3 Å². The maximum atomic E-state index is 10.4. The first kappa shape index (κ1) is 12.5. The Hall–Kier alpha value is -0.530. The summed E-state index contributed by atoms with van der Waals surface area (Å²) in [6, 6.07) is 0. The minimum Gasteiger partial charge on any atom is -0.481 e. The molecule has 0 rings (SSSR count). The van der Waals surface area contributed by atoms with Crippen molar-refractivity contribution in [3.63, 3.8) is 0 Å². The molecular weight excluding hydrogens is 164 g/mol. The van der Waals surface area contributed by atoms with Crippen LogP contribution in [0.1, 0.15) is 52.9 Å². The second-order valence-corrected chi connectivity index (χ2v) is 4.15. The zero-order chi connectivity index (χ0) is 10.3. The van der Waals surface area contributed by atoms with E-state index in [1.54, 1.807) is 0 Å². The van der Waals surface area contributed by atoms with Gasteiger partial charge in [-0.2, -0.15) is 0 Å². The third-order valence-electron chi connectivity index (χ3n) is 2.61. The van der Waals surface area contributed by atoms with Crippen LogP contribution in [-0.4, -0.2) is 11.1 Å². The molecule has 13 heavy (non-hydrogen) atoms. The molecule has 2 heteroatoms. The number of carboxylic acids is 1. The van der Waals surface area contributed by atoms with E-state index in [1.807, 2.05) is 6.92 Å². The van der Waals surface area contributed by atoms with Gasteiger partial charge in [0.05, 0.1) is 0 Å². The molecule has 0 aliphatic carbocycles. The molecule has 0 aliphatic rings. The highest BCUT2D eigenvalue weighted by molar-refractivity contribution is 5.66. The van der Waals surface area contributed by atoms with Crippen molar-refractivity contribution in [2.75, 3.05) is 0 Å².